The van der Waals surface area contributed by atoms with Crippen molar-refractivity contribution in [2.24, 2.45) is 0 Å². The van der Waals surface area contributed by atoms with E-state index < -0.39 is 0 Å². The highest BCUT2D eigenvalue weighted by Gasteiger charge is 2.25. The molecule has 0 saturated heterocycles. The zero-order chi connectivity index (χ0) is 22.4. The van der Waals surface area contributed by atoms with Crippen molar-refractivity contribution in [3.05, 3.63) is 39.4 Å². The second-order valence-corrected chi connectivity index (χ2v) is 8.91. The number of rotatable bonds is 10. The predicted octanol–water partition coefficient (Wildman–Crippen LogP) is 3.30. The van der Waals surface area contributed by atoms with Gasteiger partial charge in [0.15, 0.2) is 11.4 Å². The first-order valence-electron chi connectivity index (χ1n) is 10.8. The van der Waals surface area contributed by atoms with Crippen molar-refractivity contribution < 1.29 is 14.3 Å². The number of carbonyl (C=O) groups excluding carboxylic acids is 2. The Bertz CT molecular complexity index is 928. The summed E-state index contributed by atoms with van der Waals surface area (Å²) in [5, 5.41) is 3.88. The van der Waals surface area contributed by atoms with Crippen LogP contribution >= 0.6 is 11.3 Å². The summed E-state index contributed by atoms with van der Waals surface area (Å²) in [5.74, 6) is 0.567. The lowest BCUT2D eigenvalue weighted by atomic mass is 9.94. The Hall–Kier alpha value is -2.45. The third-order valence-corrected chi connectivity index (χ3v) is 6.83. The van der Waals surface area contributed by atoms with Gasteiger partial charge in [-0.2, -0.15) is 0 Å². The number of methoxy groups -OCH3 is 1. The number of thiazole rings is 1. The summed E-state index contributed by atoms with van der Waals surface area (Å²) in [6.07, 6.45) is 3.68. The summed E-state index contributed by atoms with van der Waals surface area (Å²) in [4.78, 5) is 34.0. The van der Waals surface area contributed by atoms with Crippen molar-refractivity contribution in [3.8, 4) is 5.75 Å². The van der Waals surface area contributed by atoms with Crippen LogP contribution in [0.2, 0.25) is 0 Å². The van der Waals surface area contributed by atoms with Gasteiger partial charge in [0.1, 0.15) is 10.6 Å². The number of anilines is 1. The maximum Gasteiger partial charge on any atom is 0.263 e. The van der Waals surface area contributed by atoms with Gasteiger partial charge in [-0.05, 0) is 63.5 Å². The number of fused-ring (bicyclic) bond motifs is 1. The molecule has 3 rings (SSSR count). The smallest absolute Gasteiger partial charge is 0.263 e. The maximum atomic E-state index is 12.7. The summed E-state index contributed by atoms with van der Waals surface area (Å²) in [6, 6.07) is 3.85. The molecule has 0 aliphatic carbocycles. The quantitative estimate of drug-likeness (QED) is 0.448. The molecule has 1 aromatic carbocycles. The van der Waals surface area contributed by atoms with Gasteiger partial charge in [0, 0.05) is 19.6 Å². The Balaban J connectivity index is 1.63. The van der Waals surface area contributed by atoms with Crippen LogP contribution in [0.25, 0.3) is 0 Å². The lowest BCUT2D eigenvalue weighted by Gasteiger charge is -2.29. The number of nitrogens with zero attached hydrogens (tertiary/aromatic N) is 3. The van der Waals surface area contributed by atoms with E-state index in [1.165, 1.54) is 11.3 Å². The molecule has 8 heteroatoms. The van der Waals surface area contributed by atoms with Crippen LogP contribution in [0.1, 0.15) is 56.6 Å². The minimum atomic E-state index is -0.0511. The Morgan fingerprint density at radius 3 is 2.90 bits per heavy atom. The molecular weight excluding hydrogens is 412 g/mol. The van der Waals surface area contributed by atoms with E-state index in [2.05, 4.69) is 34.1 Å². The molecule has 168 valence electrons. The van der Waals surface area contributed by atoms with Crippen molar-refractivity contribution in [2.75, 3.05) is 45.2 Å². The molecule has 2 heterocycles. The number of aryl methyl sites for hydroxylation is 1. The number of nitrogens with one attached hydrogen (secondary N) is 1. The molecule has 7 nitrogen and oxygen atoms in total. The zero-order valence-electron chi connectivity index (χ0n) is 18.9. The number of benzene rings is 1. The number of carbonyl (C=O) groups is 2. The average Bonchev–Trinajstić information content (AvgIpc) is 3.17. The fourth-order valence-electron chi connectivity index (χ4n) is 3.99. The van der Waals surface area contributed by atoms with Gasteiger partial charge in [-0.15, -0.1) is 0 Å². The number of ether oxygens (including phenoxy) is 1. The van der Waals surface area contributed by atoms with Crippen molar-refractivity contribution in [2.45, 2.75) is 39.7 Å². The van der Waals surface area contributed by atoms with Gasteiger partial charge in [-0.3, -0.25) is 9.59 Å². The van der Waals surface area contributed by atoms with E-state index in [1.54, 1.807) is 7.11 Å². The third kappa shape index (κ3) is 5.43. The predicted molar refractivity (Wildman–Crippen MR) is 125 cm³/mol. The van der Waals surface area contributed by atoms with Crippen LogP contribution in [0.4, 0.5) is 5.13 Å². The molecule has 0 fully saturated rings. The lowest BCUT2D eigenvalue weighted by Crippen LogP contribution is -2.31. The first kappa shape index (κ1) is 23.2. The number of amides is 1. The van der Waals surface area contributed by atoms with Crippen molar-refractivity contribution in [1.82, 2.24) is 15.2 Å². The molecule has 0 saturated carbocycles. The molecule has 1 aliphatic rings. The van der Waals surface area contributed by atoms with Gasteiger partial charge in [0.2, 0.25) is 0 Å². The zero-order valence-corrected chi connectivity index (χ0v) is 19.7. The Morgan fingerprint density at radius 1 is 1.39 bits per heavy atom. The van der Waals surface area contributed by atoms with Gasteiger partial charge >= 0.3 is 0 Å². The number of aromatic nitrogens is 1. The molecule has 1 amide bonds. The molecular formula is C23H32N4O3S. The molecule has 1 aliphatic heterocycles. The fraction of sp³-hybridized carbons (Fsp3) is 0.522. The SMILES string of the molecule is CCCN(C)CCCNC(=O)c1sc(N2CCc3c(ccc(OC)c3C=O)C2)nc1C. The topological polar surface area (TPSA) is 74.8 Å². The number of aldehydes is 1. The average molecular weight is 445 g/mol. The van der Waals surface area contributed by atoms with E-state index in [4.69, 9.17) is 4.74 Å². The molecule has 1 aromatic heterocycles. The second-order valence-electron chi connectivity index (χ2n) is 7.93. The van der Waals surface area contributed by atoms with Crippen LogP contribution in [-0.4, -0.2) is 62.4 Å². The van der Waals surface area contributed by atoms with Gasteiger partial charge in [0.25, 0.3) is 5.91 Å². The van der Waals surface area contributed by atoms with Gasteiger partial charge in [0.05, 0.1) is 18.4 Å². The summed E-state index contributed by atoms with van der Waals surface area (Å²) >= 11 is 1.44. The monoisotopic (exact) mass is 444 g/mol. The summed E-state index contributed by atoms with van der Waals surface area (Å²) in [5.41, 5.74) is 3.54. The Labute approximate surface area is 188 Å². The Kier molecular flexibility index (Phi) is 8.03. The lowest BCUT2D eigenvalue weighted by molar-refractivity contribution is 0.0955. The van der Waals surface area contributed by atoms with E-state index in [0.29, 0.717) is 29.3 Å². The molecule has 0 bridgehead atoms. The van der Waals surface area contributed by atoms with E-state index in [1.807, 2.05) is 19.1 Å². The third-order valence-electron chi connectivity index (χ3n) is 5.61. The molecule has 0 atom stereocenters. The highest BCUT2D eigenvalue weighted by molar-refractivity contribution is 7.17. The number of hydrogen-bond acceptors (Lipinski definition) is 7. The van der Waals surface area contributed by atoms with E-state index in [0.717, 1.165) is 67.1 Å². The molecule has 2 aromatic rings. The molecule has 0 radical (unpaired) electrons. The molecule has 1 N–H and O–H groups in total. The van der Waals surface area contributed by atoms with E-state index >= 15 is 0 Å². The van der Waals surface area contributed by atoms with Crippen molar-refractivity contribution in [3.63, 3.8) is 0 Å². The summed E-state index contributed by atoms with van der Waals surface area (Å²) in [7, 11) is 3.69. The van der Waals surface area contributed by atoms with Crippen LogP contribution in [0.5, 0.6) is 5.75 Å². The highest BCUT2D eigenvalue weighted by atomic mass is 32.1. The minimum Gasteiger partial charge on any atom is -0.496 e. The molecule has 31 heavy (non-hydrogen) atoms. The van der Waals surface area contributed by atoms with Crippen LogP contribution in [0.3, 0.4) is 0 Å². The van der Waals surface area contributed by atoms with Crippen molar-refractivity contribution in [1.29, 1.82) is 0 Å². The fourth-order valence-corrected chi connectivity index (χ4v) is 4.99. The van der Waals surface area contributed by atoms with Gasteiger partial charge < -0.3 is 19.9 Å². The maximum absolute atomic E-state index is 12.7. The molecule has 0 unspecified atom stereocenters. The van der Waals surface area contributed by atoms with Crippen LogP contribution < -0.4 is 15.0 Å². The summed E-state index contributed by atoms with van der Waals surface area (Å²) in [6.45, 7) is 8.18. The Morgan fingerprint density at radius 2 is 2.19 bits per heavy atom. The minimum absolute atomic E-state index is 0.0511. The molecule has 0 spiro atoms. The highest BCUT2D eigenvalue weighted by Crippen LogP contribution is 2.33. The van der Waals surface area contributed by atoms with Crippen LogP contribution in [-0.2, 0) is 13.0 Å². The largest absolute Gasteiger partial charge is 0.496 e. The normalized spacial score (nSPS) is 13.3. The standard InChI is InChI=1S/C23H32N4O3S/c1-5-11-26(3)12-6-10-24-22(29)21-16(2)25-23(31-21)27-13-9-18-17(14-27)7-8-20(30-4)19(18)15-28/h7-8,15H,5-6,9-14H2,1-4H3,(H,24,29). The van der Waals surface area contributed by atoms with E-state index in [9.17, 15) is 9.59 Å². The second kappa shape index (κ2) is 10.7. The van der Waals surface area contributed by atoms with Crippen LogP contribution in [0.15, 0.2) is 12.1 Å². The first-order valence-corrected chi connectivity index (χ1v) is 11.6. The van der Waals surface area contributed by atoms with E-state index in [-0.39, 0.29) is 5.91 Å². The van der Waals surface area contributed by atoms with Crippen LogP contribution in [0, 0.1) is 6.92 Å². The first-order chi connectivity index (χ1) is 15.0. The summed E-state index contributed by atoms with van der Waals surface area (Å²) < 4.78 is 5.32. The van der Waals surface area contributed by atoms with Gasteiger partial charge in [-0.25, -0.2) is 4.98 Å². The van der Waals surface area contributed by atoms with Crippen molar-refractivity contribution >= 4 is 28.7 Å². The van der Waals surface area contributed by atoms with Gasteiger partial charge in [-0.1, -0.05) is 24.3 Å². The number of hydrogen-bond donors (Lipinski definition) is 1.